The molecule has 2 aromatic carbocycles. The second-order valence-corrected chi connectivity index (χ2v) is 5.86. The maximum Gasteiger partial charge on any atom is 0.261 e. The zero-order chi connectivity index (χ0) is 13.9. The molecule has 0 amide bonds. The number of sulfonamides is 1. The van der Waals surface area contributed by atoms with Gasteiger partial charge in [0.05, 0.1) is 17.0 Å². The van der Waals surface area contributed by atoms with Crippen molar-refractivity contribution in [3.8, 4) is 5.75 Å². The molecule has 6 heteroatoms. The predicted octanol–water partition coefficient (Wildman–Crippen LogP) is 3.15. The van der Waals surface area contributed by atoms with Crippen LogP contribution in [0.4, 0.5) is 5.69 Å². The number of anilines is 1. The molecule has 0 saturated heterocycles. The van der Waals surface area contributed by atoms with Crippen molar-refractivity contribution in [1.82, 2.24) is 0 Å². The fraction of sp³-hybridized carbons (Fsp3) is 0.0769. The molecule has 0 aliphatic heterocycles. The summed E-state index contributed by atoms with van der Waals surface area (Å²) in [4.78, 5) is 0.0853. The molecule has 0 aliphatic carbocycles. The van der Waals surface area contributed by atoms with E-state index >= 15 is 0 Å². The van der Waals surface area contributed by atoms with Crippen molar-refractivity contribution in [1.29, 1.82) is 0 Å². The van der Waals surface area contributed by atoms with Gasteiger partial charge in [0.2, 0.25) is 0 Å². The molecule has 2 aromatic rings. The number of hydrogen-bond acceptors (Lipinski definition) is 3. The van der Waals surface area contributed by atoms with Gasteiger partial charge in [-0.25, -0.2) is 8.42 Å². The summed E-state index contributed by atoms with van der Waals surface area (Å²) in [6, 6.07) is 13.0. The molecule has 0 bridgehead atoms. The summed E-state index contributed by atoms with van der Waals surface area (Å²) in [6.45, 7) is 0. The Labute approximate surface area is 117 Å². The van der Waals surface area contributed by atoms with Crippen LogP contribution in [0.1, 0.15) is 0 Å². The van der Waals surface area contributed by atoms with E-state index < -0.39 is 10.0 Å². The number of para-hydroxylation sites is 1. The minimum Gasteiger partial charge on any atom is -0.495 e. The molecule has 1 N–H and O–H groups in total. The first-order valence-corrected chi connectivity index (χ1v) is 7.30. The lowest BCUT2D eigenvalue weighted by molar-refractivity contribution is 0.414. The molecule has 0 unspecified atom stereocenters. The highest BCUT2D eigenvalue weighted by atomic mass is 35.5. The highest BCUT2D eigenvalue weighted by molar-refractivity contribution is 7.92. The molecule has 2 rings (SSSR count). The molecule has 0 aromatic heterocycles. The van der Waals surface area contributed by atoms with Crippen LogP contribution in [0.25, 0.3) is 0 Å². The third kappa shape index (κ3) is 3.19. The Morgan fingerprint density at radius 1 is 1.11 bits per heavy atom. The average Bonchev–Trinajstić information content (AvgIpc) is 2.39. The van der Waals surface area contributed by atoms with Crippen LogP contribution < -0.4 is 9.46 Å². The number of rotatable bonds is 4. The van der Waals surface area contributed by atoms with Crippen molar-refractivity contribution in [3.63, 3.8) is 0 Å². The number of ether oxygens (including phenoxy) is 1. The van der Waals surface area contributed by atoms with E-state index in [0.717, 1.165) is 0 Å². The van der Waals surface area contributed by atoms with Crippen molar-refractivity contribution in [2.75, 3.05) is 11.8 Å². The summed E-state index contributed by atoms with van der Waals surface area (Å²) in [5.41, 5.74) is 0.495. The number of hydrogen-bond donors (Lipinski definition) is 1. The second-order valence-electron chi connectivity index (χ2n) is 3.77. The molecule has 4 nitrogen and oxygen atoms in total. The lowest BCUT2D eigenvalue weighted by atomic mass is 10.3. The topological polar surface area (TPSA) is 55.4 Å². The fourth-order valence-corrected chi connectivity index (χ4v) is 2.94. The summed E-state index contributed by atoms with van der Waals surface area (Å²) in [5, 5.41) is 0.249. The minimum absolute atomic E-state index is 0.0853. The highest BCUT2D eigenvalue weighted by Gasteiger charge is 2.15. The first kappa shape index (κ1) is 13.7. The molecule has 0 saturated carbocycles. The Hall–Kier alpha value is -1.72. The summed E-state index contributed by atoms with van der Waals surface area (Å²) in [5.74, 6) is 0.431. The van der Waals surface area contributed by atoms with E-state index in [1.165, 1.54) is 25.3 Å². The van der Waals surface area contributed by atoms with Crippen LogP contribution in [0.3, 0.4) is 0 Å². The molecule has 19 heavy (non-hydrogen) atoms. The molecule has 0 spiro atoms. The van der Waals surface area contributed by atoms with Gasteiger partial charge >= 0.3 is 0 Å². The zero-order valence-electron chi connectivity index (χ0n) is 10.1. The van der Waals surface area contributed by atoms with Crippen molar-refractivity contribution in [3.05, 3.63) is 53.6 Å². The monoisotopic (exact) mass is 297 g/mol. The maximum atomic E-state index is 12.1. The molecule has 0 atom stereocenters. The Bertz CT molecular complexity index is 672. The third-order valence-electron chi connectivity index (χ3n) is 2.46. The van der Waals surface area contributed by atoms with E-state index in [0.29, 0.717) is 11.4 Å². The summed E-state index contributed by atoms with van der Waals surface area (Å²) < 4.78 is 31.7. The summed E-state index contributed by atoms with van der Waals surface area (Å²) >= 11 is 5.92. The number of methoxy groups -OCH3 is 1. The molecule has 0 heterocycles. The molecular formula is C13H12ClNO3S. The van der Waals surface area contributed by atoms with Gasteiger partial charge in [-0.15, -0.1) is 0 Å². The van der Waals surface area contributed by atoms with Gasteiger partial charge in [-0.2, -0.15) is 0 Å². The van der Waals surface area contributed by atoms with Gasteiger partial charge in [0, 0.05) is 5.69 Å². The smallest absolute Gasteiger partial charge is 0.261 e. The van der Waals surface area contributed by atoms with E-state index in [-0.39, 0.29) is 9.92 Å². The number of benzene rings is 2. The van der Waals surface area contributed by atoms with E-state index in [1.54, 1.807) is 24.3 Å². The van der Waals surface area contributed by atoms with Crippen molar-refractivity contribution in [2.24, 2.45) is 0 Å². The summed E-state index contributed by atoms with van der Waals surface area (Å²) in [6.07, 6.45) is 0. The molecular weight excluding hydrogens is 286 g/mol. The van der Waals surface area contributed by atoms with Gasteiger partial charge in [-0.3, -0.25) is 4.72 Å². The van der Waals surface area contributed by atoms with Crippen molar-refractivity contribution >= 4 is 27.3 Å². The molecule has 0 radical (unpaired) electrons. The lowest BCUT2D eigenvalue weighted by Gasteiger charge is -2.09. The Kier molecular flexibility index (Phi) is 3.97. The maximum absolute atomic E-state index is 12.1. The van der Waals surface area contributed by atoms with Crippen LogP contribution in [0.15, 0.2) is 53.4 Å². The Morgan fingerprint density at radius 2 is 1.79 bits per heavy atom. The average molecular weight is 298 g/mol. The predicted molar refractivity (Wildman–Crippen MR) is 75.3 cm³/mol. The van der Waals surface area contributed by atoms with E-state index in [9.17, 15) is 8.42 Å². The zero-order valence-corrected chi connectivity index (χ0v) is 11.7. The Morgan fingerprint density at radius 3 is 2.37 bits per heavy atom. The number of halogens is 1. The summed E-state index contributed by atoms with van der Waals surface area (Å²) in [7, 11) is -2.18. The largest absolute Gasteiger partial charge is 0.495 e. The third-order valence-corrected chi connectivity index (χ3v) is 4.13. The molecule has 0 fully saturated rings. The minimum atomic E-state index is -3.65. The first-order chi connectivity index (χ1) is 9.03. The molecule has 0 aliphatic rings. The van der Waals surface area contributed by atoms with Gasteiger partial charge in [0.15, 0.2) is 0 Å². The van der Waals surface area contributed by atoms with Crippen LogP contribution in [0, 0.1) is 0 Å². The van der Waals surface area contributed by atoms with Crippen LogP contribution in [0.2, 0.25) is 5.02 Å². The fourth-order valence-electron chi connectivity index (χ4n) is 1.53. The SMILES string of the molecule is COc1ccc(S(=O)(=O)Nc2ccccc2)cc1Cl. The van der Waals surface area contributed by atoms with Gasteiger partial charge in [0.25, 0.3) is 10.0 Å². The van der Waals surface area contributed by atoms with Crippen molar-refractivity contribution in [2.45, 2.75) is 4.90 Å². The standard InChI is InChI=1S/C13H12ClNO3S/c1-18-13-8-7-11(9-12(13)14)19(16,17)15-10-5-3-2-4-6-10/h2-9,15H,1H3. The van der Waals surface area contributed by atoms with E-state index in [4.69, 9.17) is 16.3 Å². The van der Waals surface area contributed by atoms with Gasteiger partial charge in [0.1, 0.15) is 5.75 Å². The quantitative estimate of drug-likeness (QED) is 0.943. The van der Waals surface area contributed by atoms with Crippen LogP contribution in [0.5, 0.6) is 5.75 Å². The molecule has 100 valence electrons. The van der Waals surface area contributed by atoms with Crippen LogP contribution >= 0.6 is 11.6 Å². The first-order valence-electron chi connectivity index (χ1n) is 5.44. The highest BCUT2D eigenvalue weighted by Crippen LogP contribution is 2.27. The Balaban J connectivity index is 2.32. The van der Waals surface area contributed by atoms with Gasteiger partial charge in [-0.1, -0.05) is 29.8 Å². The van der Waals surface area contributed by atoms with Crippen LogP contribution in [-0.4, -0.2) is 15.5 Å². The van der Waals surface area contributed by atoms with E-state index in [2.05, 4.69) is 4.72 Å². The van der Waals surface area contributed by atoms with Crippen molar-refractivity contribution < 1.29 is 13.2 Å². The normalized spacial score (nSPS) is 11.1. The number of nitrogens with one attached hydrogen (secondary N) is 1. The lowest BCUT2D eigenvalue weighted by Crippen LogP contribution is -2.12. The van der Waals surface area contributed by atoms with Gasteiger partial charge < -0.3 is 4.74 Å². The second kappa shape index (κ2) is 5.50. The van der Waals surface area contributed by atoms with E-state index in [1.807, 2.05) is 6.07 Å². The van der Waals surface area contributed by atoms with Crippen LogP contribution in [-0.2, 0) is 10.0 Å². The van der Waals surface area contributed by atoms with Gasteiger partial charge in [-0.05, 0) is 30.3 Å².